The highest BCUT2D eigenvalue weighted by atomic mass is 19.1. The van der Waals surface area contributed by atoms with E-state index in [0.29, 0.717) is 0 Å². The molecule has 2 nitrogen and oxygen atoms in total. The first-order chi connectivity index (χ1) is 10.7. The number of rotatable bonds is 3. The SMILES string of the molecule is Fc1cc(F)c([C@H](C2CCCCC2)N2CCNCC2)c(F)c1. The van der Waals surface area contributed by atoms with Crippen LogP contribution in [-0.2, 0) is 0 Å². The number of nitrogens with zero attached hydrogens (tertiary/aromatic N) is 1. The van der Waals surface area contributed by atoms with Gasteiger partial charge in [-0.1, -0.05) is 19.3 Å². The molecule has 1 saturated heterocycles. The minimum atomic E-state index is -0.846. The van der Waals surface area contributed by atoms with Crippen molar-refractivity contribution >= 4 is 0 Å². The number of hydrogen-bond acceptors (Lipinski definition) is 2. The summed E-state index contributed by atoms with van der Waals surface area (Å²) in [7, 11) is 0. The zero-order chi connectivity index (χ0) is 15.5. The molecular formula is C17H23F3N2. The molecule has 0 bridgehead atoms. The van der Waals surface area contributed by atoms with E-state index < -0.39 is 17.5 Å². The molecule has 0 spiro atoms. The zero-order valence-electron chi connectivity index (χ0n) is 12.8. The fraction of sp³-hybridized carbons (Fsp3) is 0.647. The molecule has 1 aliphatic carbocycles. The van der Waals surface area contributed by atoms with Crippen molar-refractivity contribution in [2.24, 2.45) is 5.92 Å². The number of benzene rings is 1. The van der Waals surface area contributed by atoms with E-state index in [1.165, 1.54) is 6.42 Å². The molecule has 5 heteroatoms. The second-order valence-electron chi connectivity index (χ2n) is 6.41. The van der Waals surface area contributed by atoms with Gasteiger partial charge in [0.2, 0.25) is 0 Å². The maximum absolute atomic E-state index is 14.3. The van der Waals surface area contributed by atoms with Gasteiger partial charge in [0.15, 0.2) is 0 Å². The summed E-state index contributed by atoms with van der Waals surface area (Å²) < 4.78 is 42.0. The second kappa shape index (κ2) is 7.01. The van der Waals surface area contributed by atoms with E-state index in [0.717, 1.165) is 64.0 Å². The summed E-state index contributed by atoms with van der Waals surface area (Å²) in [6.07, 6.45) is 5.39. The second-order valence-corrected chi connectivity index (χ2v) is 6.41. The molecule has 3 rings (SSSR count). The van der Waals surface area contributed by atoms with Gasteiger partial charge in [-0.3, -0.25) is 4.90 Å². The lowest BCUT2D eigenvalue weighted by Crippen LogP contribution is -2.47. The predicted molar refractivity (Wildman–Crippen MR) is 80.1 cm³/mol. The molecule has 0 unspecified atom stereocenters. The molecule has 1 aromatic carbocycles. The molecule has 0 radical (unpaired) electrons. The molecule has 2 aliphatic rings. The van der Waals surface area contributed by atoms with E-state index in [1.807, 2.05) is 0 Å². The van der Waals surface area contributed by atoms with Crippen molar-refractivity contribution in [3.63, 3.8) is 0 Å². The minimum Gasteiger partial charge on any atom is -0.314 e. The van der Waals surface area contributed by atoms with Crippen LogP contribution in [0.25, 0.3) is 0 Å². The van der Waals surface area contributed by atoms with Gasteiger partial charge >= 0.3 is 0 Å². The summed E-state index contributed by atoms with van der Waals surface area (Å²) in [5.74, 6) is -2.08. The lowest BCUT2D eigenvalue weighted by molar-refractivity contribution is 0.0975. The molecule has 1 heterocycles. The van der Waals surface area contributed by atoms with Crippen molar-refractivity contribution in [1.29, 1.82) is 0 Å². The van der Waals surface area contributed by atoms with Crippen LogP contribution in [-0.4, -0.2) is 31.1 Å². The van der Waals surface area contributed by atoms with Crippen molar-refractivity contribution in [2.75, 3.05) is 26.2 Å². The summed E-state index contributed by atoms with van der Waals surface area (Å²) in [5, 5.41) is 3.27. The molecule has 1 aliphatic heterocycles. The first kappa shape index (κ1) is 15.8. The van der Waals surface area contributed by atoms with Crippen LogP contribution in [0.1, 0.15) is 43.7 Å². The van der Waals surface area contributed by atoms with Gasteiger partial charge in [0.1, 0.15) is 17.5 Å². The molecule has 122 valence electrons. The van der Waals surface area contributed by atoms with Crippen molar-refractivity contribution in [3.05, 3.63) is 35.1 Å². The summed E-state index contributed by atoms with van der Waals surface area (Å²) in [5.41, 5.74) is 0.0650. The van der Waals surface area contributed by atoms with E-state index in [-0.39, 0.29) is 17.5 Å². The average molecular weight is 312 g/mol. The van der Waals surface area contributed by atoms with Gasteiger partial charge in [-0.15, -0.1) is 0 Å². The first-order valence-corrected chi connectivity index (χ1v) is 8.26. The molecule has 1 N–H and O–H groups in total. The maximum Gasteiger partial charge on any atom is 0.133 e. The van der Waals surface area contributed by atoms with Crippen LogP contribution in [0.3, 0.4) is 0 Å². The third-order valence-corrected chi connectivity index (χ3v) is 4.98. The molecule has 0 aromatic heterocycles. The first-order valence-electron chi connectivity index (χ1n) is 8.26. The summed E-state index contributed by atoms with van der Waals surface area (Å²) in [6, 6.07) is 1.36. The van der Waals surface area contributed by atoms with Gasteiger partial charge in [0.05, 0.1) is 0 Å². The summed E-state index contributed by atoms with van der Waals surface area (Å²) >= 11 is 0. The highest BCUT2D eigenvalue weighted by Crippen LogP contribution is 2.40. The number of halogens is 3. The topological polar surface area (TPSA) is 15.3 Å². The fourth-order valence-electron chi connectivity index (χ4n) is 3.96. The Bertz CT molecular complexity index is 468. The quantitative estimate of drug-likeness (QED) is 0.917. The van der Waals surface area contributed by atoms with Gasteiger partial charge < -0.3 is 5.32 Å². The Morgan fingerprint density at radius 1 is 0.955 bits per heavy atom. The molecule has 1 atom stereocenters. The van der Waals surface area contributed by atoms with E-state index in [4.69, 9.17) is 0 Å². The van der Waals surface area contributed by atoms with Crippen LogP contribution >= 0.6 is 0 Å². The van der Waals surface area contributed by atoms with Crippen molar-refractivity contribution < 1.29 is 13.2 Å². The van der Waals surface area contributed by atoms with Crippen LogP contribution < -0.4 is 5.32 Å². The van der Waals surface area contributed by atoms with Gasteiger partial charge in [-0.05, 0) is 18.8 Å². The Hall–Kier alpha value is -1.07. The Labute approximate surface area is 129 Å². The highest BCUT2D eigenvalue weighted by Gasteiger charge is 2.34. The van der Waals surface area contributed by atoms with E-state index >= 15 is 0 Å². The lowest BCUT2D eigenvalue weighted by Gasteiger charge is -2.41. The van der Waals surface area contributed by atoms with Crippen molar-refractivity contribution in [3.8, 4) is 0 Å². The highest BCUT2D eigenvalue weighted by molar-refractivity contribution is 5.25. The average Bonchev–Trinajstić information content (AvgIpc) is 2.52. The third kappa shape index (κ3) is 3.30. The van der Waals surface area contributed by atoms with Crippen LogP contribution in [0.2, 0.25) is 0 Å². The summed E-state index contributed by atoms with van der Waals surface area (Å²) in [4.78, 5) is 2.17. The normalized spacial score (nSPS) is 22.7. The van der Waals surface area contributed by atoms with Gasteiger partial charge in [0.25, 0.3) is 0 Å². The van der Waals surface area contributed by atoms with Gasteiger partial charge in [0, 0.05) is 49.9 Å². The summed E-state index contributed by atoms with van der Waals surface area (Å²) in [6.45, 7) is 3.20. The molecule has 22 heavy (non-hydrogen) atoms. The van der Waals surface area contributed by atoms with Crippen LogP contribution in [0.5, 0.6) is 0 Å². The molecule has 1 aromatic rings. The Morgan fingerprint density at radius 2 is 1.55 bits per heavy atom. The Morgan fingerprint density at radius 3 is 2.14 bits per heavy atom. The molecule has 0 amide bonds. The zero-order valence-corrected chi connectivity index (χ0v) is 12.8. The van der Waals surface area contributed by atoms with Crippen LogP contribution in [0, 0.1) is 23.4 Å². The van der Waals surface area contributed by atoms with Crippen molar-refractivity contribution in [1.82, 2.24) is 10.2 Å². The fourth-order valence-corrected chi connectivity index (χ4v) is 3.96. The molecule has 1 saturated carbocycles. The third-order valence-electron chi connectivity index (χ3n) is 4.98. The smallest absolute Gasteiger partial charge is 0.133 e. The van der Waals surface area contributed by atoms with Crippen molar-refractivity contribution in [2.45, 2.75) is 38.1 Å². The van der Waals surface area contributed by atoms with Crippen LogP contribution in [0.15, 0.2) is 12.1 Å². The Kier molecular flexibility index (Phi) is 5.03. The minimum absolute atomic E-state index is 0.0650. The number of hydrogen-bond donors (Lipinski definition) is 1. The molecular weight excluding hydrogens is 289 g/mol. The standard InChI is InChI=1S/C17H23F3N2/c18-13-10-14(19)16(15(20)11-13)17(12-4-2-1-3-5-12)22-8-6-21-7-9-22/h10-12,17,21H,1-9H2/t17-/m0/s1. The predicted octanol–water partition coefficient (Wildman–Crippen LogP) is 3.63. The Balaban J connectivity index is 1.96. The largest absolute Gasteiger partial charge is 0.314 e. The number of piperazine rings is 1. The van der Waals surface area contributed by atoms with E-state index in [9.17, 15) is 13.2 Å². The van der Waals surface area contributed by atoms with Gasteiger partial charge in [-0.25, -0.2) is 13.2 Å². The van der Waals surface area contributed by atoms with E-state index in [1.54, 1.807) is 0 Å². The lowest BCUT2D eigenvalue weighted by atomic mass is 9.79. The monoisotopic (exact) mass is 312 g/mol. The van der Waals surface area contributed by atoms with Gasteiger partial charge in [-0.2, -0.15) is 0 Å². The maximum atomic E-state index is 14.3. The molecule has 2 fully saturated rings. The van der Waals surface area contributed by atoms with Crippen LogP contribution in [0.4, 0.5) is 13.2 Å². The number of nitrogens with one attached hydrogen (secondary N) is 1. The van der Waals surface area contributed by atoms with E-state index in [2.05, 4.69) is 10.2 Å².